The molecule has 1 unspecified atom stereocenters. The lowest BCUT2D eigenvalue weighted by molar-refractivity contribution is 0.370. The molecule has 1 fully saturated rings. The average molecular weight is 327 g/mol. The maximum atomic E-state index is 13.4. The van der Waals surface area contributed by atoms with Gasteiger partial charge in [0.25, 0.3) is 0 Å². The topological polar surface area (TPSA) is 24.4 Å². The first-order chi connectivity index (χ1) is 8.53. The van der Waals surface area contributed by atoms with Crippen LogP contribution in [0.2, 0.25) is 0 Å². The summed E-state index contributed by atoms with van der Waals surface area (Å²) in [4.78, 5) is 5.42. The van der Waals surface area contributed by atoms with Gasteiger partial charge in [-0.25, -0.2) is 4.39 Å². The van der Waals surface area contributed by atoms with Crippen LogP contribution in [0, 0.1) is 11.7 Å². The van der Waals surface area contributed by atoms with Crippen molar-refractivity contribution in [3.63, 3.8) is 0 Å². The Morgan fingerprint density at radius 3 is 2.72 bits per heavy atom. The predicted molar refractivity (Wildman–Crippen MR) is 77.3 cm³/mol. The third-order valence-electron chi connectivity index (χ3n) is 3.50. The first-order valence-corrected chi connectivity index (χ1v) is 7.07. The lowest BCUT2D eigenvalue weighted by Gasteiger charge is -2.28. The molecule has 2 nitrogen and oxygen atoms in total. The standard InChI is InChI=1S/C13H12BrFN2S/c1-7-12(18)17-13(16-7,8-2-3-8)9-4-5-11(15)10(14)6-9/h4-6,8H,2-3H2,1H3,(H,17,18). The second-order valence-corrected chi connectivity index (χ2v) is 6.08. The highest BCUT2D eigenvalue weighted by Gasteiger charge is 2.50. The summed E-state index contributed by atoms with van der Waals surface area (Å²) in [5.74, 6) is 0.191. The van der Waals surface area contributed by atoms with Crippen molar-refractivity contribution < 1.29 is 4.39 Å². The summed E-state index contributed by atoms with van der Waals surface area (Å²) in [6.45, 7) is 1.91. The maximum absolute atomic E-state index is 13.4. The van der Waals surface area contributed by atoms with Gasteiger partial charge < -0.3 is 5.32 Å². The fourth-order valence-electron chi connectivity index (χ4n) is 2.41. The second-order valence-electron chi connectivity index (χ2n) is 4.82. The first-order valence-electron chi connectivity index (χ1n) is 5.87. The molecule has 94 valence electrons. The van der Waals surface area contributed by atoms with Crippen molar-refractivity contribution in [3.05, 3.63) is 34.1 Å². The summed E-state index contributed by atoms with van der Waals surface area (Å²) in [5, 5.41) is 3.33. The van der Waals surface area contributed by atoms with Crippen LogP contribution in [0.15, 0.2) is 27.7 Å². The van der Waals surface area contributed by atoms with Crippen molar-refractivity contribution in [1.82, 2.24) is 5.32 Å². The maximum Gasteiger partial charge on any atom is 0.159 e. The van der Waals surface area contributed by atoms with E-state index in [1.54, 1.807) is 12.1 Å². The molecule has 1 aliphatic carbocycles. The zero-order valence-corrected chi connectivity index (χ0v) is 12.2. The van der Waals surface area contributed by atoms with Gasteiger partial charge in [0.2, 0.25) is 0 Å². The van der Waals surface area contributed by atoms with Crippen LogP contribution >= 0.6 is 28.1 Å². The number of hydrogen-bond donors (Lipinski definition) is 1. The number of halogens is 2. The van der Waals surface area contributed by atoms with Gasteiger partial charge in [-0.1, -0.05) is 18.3 Å². The highest BCUT2D eigenvalue weighted by atomic mass is 79.9. The highest BCUT2D eigenvalue weighted by Crippen LogP contribution is 2.48. The average Bonchev–Trinajstić information content (AvgIpc) is 3.12. The van der Waals surface area contributed by atoms with Crippen LogP contribution in [0.4, 0.5) is 4.39 Å². The normalized spacial score (nSPS) is 27.1. The lowest BCUT2D eigenvalue weighted by Crippen LogP contribution is -2.41. The van der Waals surface area contributed by atoms with Crippen LogP contribution in [0.3, 0.4) is 0 Å². The van der Waals surface area contributed by atoms with Crippen LogP contribution in [0.1, 0.15) is 25.3 Å². The van der Waals surface area contributed by atoms with E-state index in [9.17, 15) is 4.39 Å². The number of rotatable bonds is 2. The van der Waals surface area contributed by atoms with E-state index in [1.165, 1.54) is 6.07 Å². The molecule has 1 aliphatic heterocycles. The predicted octanol–water partition coefficient (Wildman–Crippen LogP) is 3.54. The molecule has 1 N–H and O–H groups in total. The van der Waals surface area contributed by atoms with Gasteiger partial charge in [0.1, 0.15) is 10.8 Å². The molecule has 1 aromatic rings. The van der Waals surface area contributed by atoms with E-state index < -0.39 is 5.66 Å². The third kappa shape index (κ3) is 1.80. The Kier molecular flexibility index (Phi) is 2.79. The number of nitrogens with zero attached hydrogens (tertiary/aromatic N) is 1. The first kappa shape index (κ1) is 12.2. The summed E-state index contributed by atoms with van der Waals surface area (Å²) in [6, 6.07) is 5.05. The third-order valence-corrected chi connectivity index (χ3v) is 4.51. The van der Waals surface area contributed by atoms with E-state index in [0.717, 1.165) is 24.1 Å². The quantitative estimate of drug-likeness (QED) is 0.840. The smallest absolute Gasteiger partial charge is 0.159 e. The van der Waals surface area contributed by atoms with Gasteiger partial charge in [0, 0.05) is 11.5 Å². The molecule has 18 heavy (non-hydrogen) atoms. The van der Waals surface area contributed by atoms with Crippen LogP contribution in [-0.2, 0) is 5.66 Å². The zero-order valence-electron chi connectivity index (χ0n) is 9.84. The molecule has 0 aromatic heterocycles. The molecular formula is C13H12BrFN2S. The van der Waals surface area contributed by atoms with Crippen LogP contribution in [0.25, 0.3) is 0 Å². The largest absolute Gasteiger partial charge is 0.347 e. The van der Waals surface area contributed by atoms with Crippen LogP contribution in [0.5, 0.6) is 0 Å². The Morgan fingerprint density at radius 2 is 2.22 bits per heavy atom. The molecule has 0 radical (unpaired) electrons. The molecule has 0 amide bonds. The molecule has 1 aromatic carbocycles. The molecule has 0 bridgehead atoms. The Hall–Kier alpha value is -0.810. The van der Waals surface area contributed by atoms with Crippen molar-refractivity contribution in [2.75, 3.05) is 0 Å². The minimum atomic E-state index is -0.475. The molecule has 5 heteroatoms. The second kappa shape index (κ2) is 4.10. The summed E-state index contributed by atoms with van der Waals surface area (Å²) >= 11 is 8.50. The fraction of sp³-hybridized carbons (Fsp3) is 0.385. The van der Waals surface area contributed by atoms with Gasteiger partial charge >= 0.3 is 0 Å². The van der Waals surface area contributed by atoms with E-state index in [2.05, 4.69) is 21.2 Å². The van der Waals surface area contributed by atoms with Crippen molar-refractivity contribution in [1.29, 1.82) is 0 Å². The van der Waals surface area contributed by atoms with Gasteiger partial charge in [0.05, 0.1) is 10.2 Å². The molecule has 1 heterocycles. The van der Waals surface area contributed by atoms with E-state index in [4.69, 9.17) is 17.2 Å². The number of benzene rings is 1. The van der Waals surface area contributed by atoms with Crippen molar-refractivity contribution in [2.24, 2.45) is 10.9 Å². The molecular weight excluding hydrogens is 315 g/mol. The molecule has 1 saturated carbocycles. The molecule has 3 rings (SSSR count). The number of nitrogens with one attached hydrogen (secondary N) is 1. The zero-order chi connectivity index (χ0) is 12.9. The Balaban J connectivity index is 2.11. The van der Waals surface area contributed by atoms with E-state index in [1.807, 2.05) is 6.92 Å². The minimum absolute atomic E-state index is 0.258. The number of aliphatic imine (C=N–C) groups is 1. The highest BCUT2D eigenvalue weighted by molar-refractivity contribution is 9.10. The summed E-state index contributed by atoms with van der Waals surface area (Å²) in [7, 11) is 0. The van der Waals surface area contributed by atoms with Gasteiger partial charge in [-0.2, -0.15) is 0 Å². The fourth-order valence-corrected chi connectivity index (χ4v) is 2.99. The lowest BCUT2D eigenvalue weighted by atomic mass is 9.95. The molecule has 0 saturated heterocycles. The van der Waals surface area contributed by atoms with Gasteiger partial charge in [-0.05, 0) is 47.8 Å². The van der Waals surface area contributed by atoms with Gasteiger partial charge in [0.15, 0.2) is 5.66 Å². The van der Waals surface area contributed by atoms with E-state index >= 15 is 0 Å². The molecule has 2 aliphatic rings. The minimum Gasteiger partial charge on any atom is -0.347 e. The number of hydrogen-bond acceptors (Lipinski definition) is 2. The van der Waals surface area contributed by atoms with Gasteiger partial charge in [-0.3, -0.25) is 4.99 Å². The number of thiocarbonyl (C=S) groups is 1. The summed E-state index contributed by atoms with van der Waals surface area (Å²) in [6.07, 6.45) is 2.25. The van der Waals surface area contributed by atoms with Crippen molar-refractivity contribution >= 4 is 38.8 Å². The Bertz CT molecular complexity index is 568. The SMILES string of the molecule is CC1=NC(c2ccc(F)c(Br)c2)(C2CC2)NC1=S. The monoisotopic (exact) mass is 326 g/mol. The van der Waals surface area contributed by atoms with E-state index in [-0.39, 0.29) is 5.82 Å². The Morgan fingerprint density at radius 1 is 1.50 bits per heavy atom. The molecule has 1 atom stereocenters. The Labute approximate surface area is 119 Å². The van der Waals surface area contributed by atoms with Crippen molar-refractivity contribution in [3.8, 4) is 0 Å². The summed E-state index contributed by atoms with van der Waals surface area (Å²) < 4.78 is 13.8. The van der Waals surface area contributed by atoms with Gasteiger partial charge in [-0.15, -0.1) is 0 Å². The molecule has 0 spiro atoms. The van der Waals surface area contributed by atoms with Crippen LogP contribution < -0.4 is 5.32 Å². The van der Waals surface area contributed by atoms with Crippen molar-refractivity contribution in [2.45, 2.75) is 25.4 Å². The summed E-state index contributed by atoms with van der Waals surface area (Å²) in [5.41, 5.74) is 1.35. The van der Waals surface area contributed by atoms with Crippen LogP contribution in [-0.4, -0.2) is 10.7 Å². The van der Waals surface area contributed by atoms with E-state index in [0.29, 0.717) is 15.4 Å².